The third kappa shape index (κ3) is 4.54. The van der Waals surface area contributed by atoms with Crippen LogP contribution in [-0.2, 0) is 11.2 Å². The van der Waals surface area contributed by atoms with Gasteiger partial charge in [-0.3, -0.25) is 4.79 Å². The van der Waals surface area contributed by atoms with Gasteiger partial charge in [-0.25, -0.2) is 13.9 Å². The van der Waals surface area contributed by atoms with Gasteiger partial charge in [-0.2, -0.15) is 5.10 Å². The molecule has 6 nitrogen and oxygen atoms in total. The first-order valence-corrected chi connectivity index (χ1v) is 11.3. The molecule has 1 aliphatic heterocycles. The van der Waals surface area contributed by atoms with E-state index < -0.39 is 16.5 Å². The van der Waals surface area contributed by atoms with Crippen molar-refractivity contribution >= 4 is 27.8 Å². The lowest BCUT2D eigenvalue weighted by atomic mass is 9.95. The summed E-state index contributed by atoms with van der Waals surface area (Å²) in [6, 6.07) is 2.99. The molecule has 168 valence electrons. The van der Waals surface area contributed by atoms with Crippen molar-refractivity contribution in [2.75, 3.05) is 6.54 Å². The second-order valence-electron chi connectivity index (χ2n) is 9.09. The number of ether oxygens (including phenoxy) is 1. The summed E-state index contributed by atoms with van der Waals surface area (Å²) < 4.78 is 21.4. The van der Waals surface area contributed by atoms with E-state index >= 15 is 0 Å². The second-order valence-corrected chi connectivity index (χ2v) is 10.5. The van der Waals surface area contributed by atoms with E-state index in [1.54, 1.807) is 42.5 Å². The number of aromatic nitrogens is 2. The molecule has 1 amide bonds. The lowest BCUT2D eigenvalue weighted by Crippen LogP contribution is -2.42. The predicted octanol–water partition coefficient (Wildman–Crippen LogP) is 5.45. The topological polar surface area (TPSA) is 64.4 Å². The van der Waals surface area contributed by atoms with Gasteiger partial charge in [0.25, 0.3) is 0 Å². The molecule has 2 heterocycles. The number of carbonyl (C=O) groups is 2. The SMILES string of the molecule is Cc1cc(-n2nc3c(c2C(=O)C(C)Br)[C@H](C)N(C(=O)OC(C)(C)C)CC3)cc(C)c1F. The Bertz CT molecular complexity index is 1020. The van der Waals surface area contributed by atoms with Crippen LogP contribution in [0, 0.1) is 19.7 Å². The van der Waals surface area contributed by atoms with Crippen LogP contribution in [0.4, 0.5) is 9.18 Å². The molecular formula is C23H29BrFN3O3. The molecule has 0 aliphatic carbocycles. The van der Waals surface area contributed by atoms with Crippen LogP contribution in [0.15, 0.2) is 12.1 Å². The molecule has 2 atom stereocenters. The van der Waals surface area contributed by atoms with Crippen LogP contribution >= 0.6 is 15.9 Å². The maximum Gasteiger partial charge on any atom is 0.410 e. The van der Waals surface area contributed by atoms with Gasteiger partial charge in [-0.05, 0) is 71.7 Å². The molecule has 31 heavy (non-hydrogen) atoms. The van der Waals surface area contributed by atoms with Crippen molar-refractivity contribution in [2.45, 2.75) is 71.4 Å². The van der Waals surface area contributed by atoms with Gasteiger partial charge in [0.2, 0.25) is 0 Å². The average molecular weight is 494 g/mol. The van der Waals surface area contributed by atoms with Crippen LogP contribution in [0.25, 0.3) is 5.69 Å². The highest BCUT2D eigenvalue weighted by Gasteiger charge is 2.38. The van der Waals surface area contributed by atoms with Crippen LogP contribution in [-0.4, -0.2) is 43.5 Å². The molecule has 0 bridgehead atoms. The Balaban J connectivity index is 2.15. The minimum atomic E-state index is -0.618. The Hall–Kier alpha value is -2.22. The standard InChI is InChI=1S/C23H29BrFN3O3/c1-12-10-16(11-13(2)19(12)25)28-20(21(29)14(3)24)18-15(4)27(9-8-17(18)26-28)22(30)31-23(5,6)7/h10-11,14-15H,8-9H2,1-7H3/t14?,15-/m0/s1. The zero-order valence-electron chi connectivity index (χ0n) is 19.0. The Morgan fingerprint density at radius 3 is 2.35 bits per heavy atom. The smallest absolute Gasteiger partial charge is 0.410 e. The number of carbonyl (C=O) groups excluding carboxylic acids is 2. The van der Waals surface area contributed by atoms with Gasteiger partial charge in [-0.1, -0.05) is 15.9 Å². The summed E-state index contributed by atoms with van der Waals surface area (Å²) in [4.78, 5) is 27.2. The normalized spacial score (nSPS) is 17.3. The van der Waals surface area contributed by atoms with Crippen molar-refractivity contribution in [2.24, 2.45) is 0 Å². The number of hydrogen-bond acceptors (Lipinski definition) is 4. The van der Waals surface area contributed by atoms with Crippen LogP contribution in [0.2, 0.25) is 0 Å². The molecule has 1 aliphatic rings. The van der Waals surface area contributed by atoms with Crippen molar-refractivity contribution in [1.29, 1.82) is 0 Å². The molecule has 2 aromatic rings. The number of amides is 1. The van der Waals surface area contributed by atoms with Gasteiger partial charge < -0.3 is 9.64 Å². The summed E-state index contributed by atoms with van der Waals surface area (Å²) in [5, 5.41) is 4.73. The van der Waals surface area contributed by atoms with E-state index in [1.165, 1.54) is 0 Å². The molecule has 0 saturated heterocycles. The van der Waals surface area contributed by atoms with E-state index in [-0.39, 0.29) is 17.6 Å². The first kappa shape index (κ1) is 23.4. The van der Waals surface area contributed by atoms with E-state index in [4.69, 9.17) is 9.84 Å². The zero-order chi connectivity index (χ0) is 23.2. The van der Waals surface area contributed by atoms with Gasteiger partial charge in [0.15, 0.2) is 5.78 Å². The number of fused-ring (bicyclic) bond motifs is 1. The summed E-state index contributed by atoms with van der Waals surface area (Å²) in [7, 11) is 0. The van der Waals surface area contributed by atoms with Crippen LogP contribution in [0.1, 0.15) is 73.5 Å². The fourth-order valence-corrected chi connectivity index (χ4v) is 4.12. The van der Waals surface area contributed by atoms with Crippen molar-refractivity contribution < 1.29 is 18.7 Å². The summed E-state index contributed by atoms with van der Waals surface area (Å²) in [6.07, 6.45) is 0.0827. The van der Waals surface area contributed by atoms with Gasteiger partial charge in [0.05, 0.1) is 22.3 Å². The molecule has 0 radical (unpaired) electrons. The Morgan fingerprint density at radius 1 is 1.26 bits per heavy atom. The molecule has 0 saturated carbocycles. The molecule has 3 rings (SSSR count). The number of ketones is 1. The van der Waals surface area contributed by atoms with Crippen molar-refractivity contribution in [3.05, 3.63) is 46.0 Å². The highest BCUT2D eigenvalue weighted by atomic mass is 79.9. The van der Waals surface area contributed by atoms with Crippen molar-refractivity contribution in [3.63, 3.8) is 0 Å². The summed E-state index contributed by atoms with van der Waals surface area (Å²) in [5.41, 5.74) is 2.86. The zero-order valence-corrected chi connectivity index (χ0v) is 20.6. The predicted molar refractivity (Wildman–Crippen MR) is 121 cm³/mol. The fourth-order valence-electron chi connectivity index (χ4n) is 3.90. The van der Waals surface area contributed by atoms with E-state index in [1.807, 2.05) is 27.7 Å². The second kappa shape index (κ2) is 8.37. The monoisotopic (exact) mass is 493 g/mol. The van der Waals surface area contributed by atoms with Gasteiger partial charge in [-0.15, -0.1) is 0 Å². The number of aryl methyl sites for hydroxylation is 2. The first-order valence-electron chi connectivity index (χ1n) is 10.4. The molecule has 1 aromatic carbocycles. The molecule has 0 N–H and O–H groups in total. The Labute approximate surface area is 190 Å². The van der Waals surface area contributed by atoms with E-state index in [0.717, 1.165) is 5.69 Å². The maximum absolute atomic E-state index is 14.2. The average Bonchev–Trinajstić information content (AvgIpc) is 3.04. The fraction of sp³-hybridized carbons (Fsp3) is 0.522. The molecule has 0 fully saturated rings. The third-order valence-corrected chi connectivity index (χ3v) is 5.78. The van der Waals surface area contributed by atoms with Crippen molar-refractivity contribution in [1.82, 2.24) is 14.7 Å². The molecular weight excluding hydrogens is 465 g/mol. The van der Waals surface area contributed by atoms with Gasteiger partial charge in [0, 0.05) is 18.5 Å². The Kier molecular flexibility index (Phi) is 6.33. The summed E-state index contributed by atoms with van der Waals surface area (Å²) in [5.74, 6) is -0.418. The molecule has 0 spiro atoms. The summed E-state index contributed by atoms with van der Waals surface area (Å²) in [6.45, 7) is 12.9. The summed E-state index contributed by atoms with van der Waals surface area (Å²) >= 11 is 3.38. The number of Topliss-reactive ketones (excluding diaryl/α,β-unsaturated/α-hetero) is 1. The van der Waals surface area contributed by atoms with Gasteiger partial charge in [0.1, 0.15) is 17.1 Å². The van der Waals surface area contributed by atoms with E-state index in [0.29, 0.717) is 41.0 Å². The van der Waals surface area contributed by atoms with Crippen LogP contribution < -0.4 is 0 Å². The lowest BCUT2D eigenvalue weighted by molar-refractivity contribution is 0.0158. The third-order valence-electron chi connectivity index (χ3n) is 5.36. The molecule has 1 aromatic heterocycles. The largest absolute Gasteiger partial charge is 0.444 e. The number of benzene rings is 1. The number of rotatable bonds is 3. The first-order chi connectivity index (χ1) is 14.3. The number of hydrogen-bond donors (Lipinski definition) is 0. The van der Waals surface area contributed by atoms with Crippen LogP contribution in [0.3, 0.4) is 0 Å². The Morgan fingerprint density at radius 2 is 1.84 bits per heavy atom. The van der Waals surface area contributed by atoms with Crippen LogP contribution in [0.5, 0.6) is 0 Å². The van der Waals surface area contributed by atoms with Gasteiger partial charge >= 0.3 is 6.09 Å². The maximum atomic E-state index is 14.2. The number of nitrogens with zero attached hydrogens (tertiary/aromatic N) is 3. The molecule has 8 heteroatoms. The highest BCUT2D eigenvalue weighted by Crippen LogP contribution is 2.35. The minimum Gasteiger partial charge on any atom is -0.444 e. The quantitative estimate of drug-likeness (QED) is 0.421. The van der Waals surface area contributed by atoms with Crippen molar-refractivity contribution in [3.8, 4) is 5.69 Å². The van der Waals surface area contributed by atoms with E-state index in [9.17, 15) is 14.0 Å². The number of halogens is 2. The van der Waals surface area contributed by atoms with E-state index in [2.05, 4.69) is 15.9 Å². The highest BCUT2D eigenvalue weighted by molar-refractivity contribution is 9.10. The molecule has 1 unspecified atom stereocenters. The minimum absolute atomic E-state index is 0.147. The number of alkyl halides is 1. The lowest BCUT2D eigenvalue weighted by Gasteiger charge is -2.35.